The molecule has 0 atom stereocenters. The summed E-state index contributed by atoms with van der Waals surface area (Å²) in [5.74, 6) is 0. The topological polar surface area (TPSA) is 48.9 Å². The third kappa shape index (κ3) is 1.36. The van der Waals surface area contributed by atoms with Crippen molar-refractivity contribution in [2.24, 2.45) is 0 Å². The van der Waals surface area contributed by atoms with E-state index in [9.17, 15) is 0 Å². The molecule has 0 unspecified atom stereocenters. The first kappa shape index (κ1) is 7.28. The number of aromatic nitrogens is 2. The number of nitrogens with one attached hydrogen (secondary N) is 1. The second kappa shape index (κ2) is 3.37. The van der Waals surface area contributed by atoms with Crippen LogP contribution in [0.4, 0.5) is 0 Å². The zero-order valence-corrected chi connectivity index (χ0v) is 6.09. The van der Waals surface area contributed by atoms with E-state index in [1.54, 1.807) is 6.33 Å². The van der Waals surface area contributed by atoms with E-state index < -0.39 is 0 Å². The number of hydrogen-bond donors (Lipinski definition) is 2. The van der Waals surface area contributed by atoms with Gasteiger partial charge in [0.15, 0.2) is 0 Å². The van der Waals surface area contributed by atoms with Gasteiger partial charge in [0.05, 0.1) is 24.3 Å². The zero-order valence-electron chi connectivity index (χ0n) is 6.09. The number of aryl methyl sites for hydroxylation is 1. The highest BCUT2D eigenvalue weighted by Crippen LogP contribution is 2.04. The molecular formula is C7H12N2O. The quantitative estimate of drug-likeness (QED) is 0.654. The van der Waals surface area contributed by atoms with Crippen molar-refractivity contribution in [1.29, 1.82) is 0 Å². The first-order chi connectivity index (χ1) is 4.88. The van der Waals surface area contributed by atoms with Gasteiger partial charge in [-0.2, -0.15) is 0 Å². The molecule has 0 amide bonds. The van der Waals surface area contributed by atoms with E-state index in [-0.39, 0.29) is 6.61 Å². The molecule has 1 rings (SSSR count). The molecule has 1 aromatic heterocycles. The van der Waals surface area contributed by atoms with E-state index in [1.165, 1.54) is 0 Å². The van der Waals surface area contributed by atoms with Gasteiger partial charge in [0, 0.05) is 0 Å². The Morgan fingerprint density at radius 1 is 1.70 bits per heavy atom. The Morgan fingerprint density at radius 2 is 2.50 bits per heavy atom. The van der Waals surface area contributed by atoms with E-state index in [2.05, 4.69) is 16.9 Å². The zero-order chi connectivity index (χ0) is 7.40. The lowest BCUT2D eigenvalue weighted by atomic mass is 10.2. The third-order valence-electron chi connectivity index (χ3n) is 1.45. The van der Waals surface area contributed by atoms with Gasteiger partial charge in [-0.1, -0.05) is 13.3 Å². The van der Waals surface area contributed by atoms with Gasteiger partial charge in [0.2, 0.25) is 0 Å². The Kier molecular flexibility index (Phi) is 2.45. The average Bonchev–Trinajstić information content (AvgIpc) is 2.36. The van der Waals surface area contributed by atoms with Crippen LogP contribution in [0.2, 0.25) is 0 Å². The first-order valence-corrected chi connectivity index (χ1v) is 3.50. The van der Waals surface area contributed by atoms with Crippen molar-refractivity contribution in [2.45, 2.75) is 26.4 Å². The summed E-state index contributed by atoms with van der Waals surface area (Å²) in [6.07, 6.45) is 3.63. The Labute approximate surface area is 60.1 Å². The van der Waals surface area contributed by atoms with Crippen LogP contribution in [-0.2, 0) is 13.0 Å². The molecule has 10 heavy (non-hydrogen) atoms. The lowest BCUT2D eigenvalue weighted by Crippen LogP contribution is -1.91. The summed E-state index contributed by atoms with van der Waals surface area (Å²) >= 11 is 0. The molecule has 56 valence electrons. The molecule has 2 N–H and O–H groups in total. The number of aliphatic hydroxyl groups is 1. The molecular weight excluding hydrogens is 128 g/mol. The number of aliphatic hydroxyl groups excluding tert-OH is 1. The van der Waals surface area contributed by atoms with Crippen LogP contribution in [0, 0.1) is 0 Å². The predicted molar refractivity (Wildman–Crippen MR) is 38.5 cm³/mol. The Balaban J connectivity index is 2.70. The molecule has 0 saturated heterocycles. The van der Waals surface area contributed by atoms with Crippen molar-refractivity contribution in [3.05, 3.63) is 17.7 Å². The summed E-state index contributed by atoms with van der Waals surface area (Å²) in [7, 11) is 0. The van der Waals surface area contributed by atoms with E-state index >= 15 is 0 Å². The van der Waals surface area contributed by atoms with Crippen LogP contribution < -0.4 is 0 Å². The average molecular weight is 140 g/mol. The molecule has 3 nitrogen and oxygen atoms in total. The number of nitrogens with zero attached hydrogens (tertiary/aromatic N) is 1. The molecule has 0 aliphatic carbocycles. The Bertz CT molecular complexity index is 195. The molecule has 0 fully saturated rings. The number of aromatic amines is 1. The van der Waals surface area contributed by atoms with Crippen molar-refractivity contribution in [3.8, 4) is 0 Å². The summed E-state index contributed by atoms with van der Waals surface area (Å²) in [6.45, 7) is 2.16. The number of imidazole rings is 1. The Hall–Kier alpha value is -0.830. The first-order valence-electron chi connectivity index (χ1n) is 3.50. The molecule has 0 saturated carbocycles. The van der Waals surface area contributed by atoms with E-state index in [1.807, 2.05) is 0 Å². The summed E-state index contributed by atoms with van der Waals surface area (Å²) in [6, 6.07) is 0. The Morgan fingerprint density at radius 3 is 3.10 bits per heavy atom. The number of rotatable bonds is 3. The van der Waals surface area contributed by atoms with Crippen LogP contribution in [-0.4, -0.2) is 15.1 Å². The van der Waals surface area contributed by atoms with Crippen LogP contribution in [0.1, 0.15) is 24.7 Å². The highest BCUT2D eigenvalue weighted by molar-refractivity contribution is 5.09. The second-order valence-electron chi connectivity index (χ2n) is 2.24. The summed E-state index contributed by atoms with van der Waals surface area (Å²) < 4.78 is 0. The van der Waals surface area contributed by atoms with Crippen LogP contribution >= 0.6 is 0 Å². The fourth-order valence-corrected chi connectivity index (χ4v) is 0.938. The minimum atomic E-state index is 0.0648. The summed E-state index contributed by atoms with van der Waals surface area (Å²) in [5, 5.41) is 8.76. The minimum absolute atomic E-state index is 0.0648. The molecule has 0 radical (unpaired) electrons. The van der Waals surface area contributed by atoms with Gasteiger partial charge in [-0.15, -0.1) is 0 Å². The molecule has 3 heteroatoms. The minimum Gasteiger partial charge on any atom is -0.390 e. The molecule has 1 heterocycles. The monoisotopic (exact) mass is 140 g/mol. The number of H-pyrrole nitrogens is 1. The van der Waals surface area contributed by atoms with Crippen LogP contribution in [0.5, 0.6) is 0 Å². The molecule has 0 aliphatic heterocycles. The molecule has 0 aliphatic rings. The summed E-state index contributed by atoms with van der Waals surface area (Å²) in [4.78, 5) is 6.94. The SMILES string of the molecule is CCCc1nc[nH]c1CO. The smallest absolute Gasteiger partial charge is 0.0925 e. The van der Waals surface area contributed by atoms with E-state index in [0.717, 1.165) is 24.2 Å². The second-order valence-corrected chi connectivity index (χ2v) is 2.24. The van der Waals surface area contributed by atoms with Crippen molar-refractivity contribution in [2.75, 3.05) is 0 Å². The van der Waals surface area contributed by atoms with E-state index in [4.69, 9.17) is 5.11 Å². The van der Waals surface area contributed by atoms with Gasteiger partial charge in [-0.25, -0.2) is 4.98 Å². The lowest BCUT2D eigenvalue weighted by molar-refractivity contribution is 0.276. The van der Waals surface area contributed by atoms with Crippen molar-refractivity contribution >= 4 is 0 Å². The van der Waals surface area contributed by atoms with Crippen LogP contribution in [0.25, 0.3) is 0 Å². The summed E-state index contributed by atoms with van der Waals surface area (Å²) in [5.41, 5.74) is 1.84. The van der Waals surface area contributed by atoms with Gasteiger partial charge in [0.1, 0.15) is 0 Å². The van der Waals surface area contributed by atoms with Gasteiger partial charge in [-0.3, -0.25) is 0 Å². The van der Waals surface area contributed by atoms with Crippen molar-refractivity contribution < 1.29 is 5.11 Å². The largest absolute Gasteiger partial charge is 0.390 e. The molecule has 1 aromatic rings. The standard InChI is InChI=1S/C7H12N2O/c1-2-3-6-7(4-10)9-5-8-6/h5,10H,2-4H2,1H3,(H,8,9). The van der Waals surface area contributed by atoms with Gasteiger partial charge < -0.3 is 10.1 Å². The molecule has 0 aromatic carbocycles. The highest BCUT2D eigenvalue weighted by Gasteiger charge is 2.00. The van der Waals surface area contributed by atoms with Crippen LogP contribution in [0.15, 0.2) is 6.33 Å². The third-order valence-corrected chi connectivity index (χ3v) is 1.45. The van der Waals surface area contributed by atoms with Crippen molar-refractivity contribution in [1.82, 2.24) is 9.97 Å². The molecule has 0 bridgehead atoms. The van der Waals surface area contributed by atoms with Gasteiger partial charge >= 0.3 is 0 Å². The van der Waals surface area contributed by atoms with Crippen LogP contribution in [0.3, 0.4) is 0 Å². The lowest BCUT2D eigenvalue weighted by Gasteiger charge is -1.94. The van der Waals surface area contributed by atoms with Gasteiger partial charge in [0.25, 0.3) is 0 Å². The normalized spacial score (nSPS) is 10.2. The maximum atomic E-state index is 8.76. The highest BCUT2D eigenvalue weighted by atomic mass is 16.3. The van der Waals surface area contributed by atoms with Gasteiger partial charge in [-0.05, 0) is 6.42 Å². The molecule has 0 spiro atoms. The maximum absolute atomic E-state index is 8.76. The van der Waals surface area contributed by atoms with E-state index in [0.29, 0.717) is 0 Å². The fourth-order valence-electron chi connectivity index (χ4n) is 0.938. The predicted octanol–water partition coefficient (Wildman–Crippen LogP) is 0.854. The maximum Gasteiger partial charge on any atom is 0.0925 e. The fraction of sp³-hybridized carbons (Fsp3) is 0.571. The number of hydrogen-bond acceptors (Lipinski definition) is 2. The van der Waals surface area contributed by atoms with Crippen molar-refractivity contribution in [3.63, 3.8) is 0 Å².